The van der Waals surface area contributed by atoms with Crippen molar-refractivity contribution in [1.82, 2.24) is 14.9 Å². The van der Waals surface area contributed by atoms with E-state index >= 15 is 0 Å². The average Bonchev–Trinajstić information content (AvgIpc) is 3.11. The Bertz CT molecular complexity index is 952. The van der Waals surface area contributed by atoms with Crippen LogP contribution in [0.4, 0.5) is 0 Å². The van der Waals surface area contributed by atoms with Crippen molar-refractivity contribution in [1.29, 1.82) is 0 Å². The highest BCUT2D eigenvalue weighted by Crippen LogP contribution is 2.26. The Balaban J connectivity index is 1.55. The molecule has 1 aromatic heterocycles. The number of ether oxygens (including phenoxy) is 2. The summed E-state index contributed by atoms with van der Waals surface area (Å²) in [5.41, 5.74) is 2.13. The Morgan fingerprint density at radius 3 is 2.63 bits per heavy atom. The van der Waals surface area contributed by atoms with Gasteiger partial charge >= 0.3 is 0 Å². The zero-order valence-corrected chi connectivity index (χ0v) is 17.9. The summed E-state index contributed by atoms with van der Waals surface area (Å²) in [5, 5.41) is 2.98. The number of nitrogens with zero attached hydrogens (tertiary/aromatic N) is 2. The van der Waals surface area contributed by atoms with Gasteiger partial charge in [-0.15, -0.1) is 0 Å². The normalized spacial score (nSPS) is 10.9. The van der Waals surface area contributed by atoms with Crippen LogP contribution < -0.4 is 14.8 Å². The van der Waals surface area contributed by atoms with E-state index in [1.807, 2.05) is 49.4 Å². The van der Waals surface area contributed by atoms with Crippen molar-refractivity contribution < 1.29 is 14.3 Å². The largest absolute Gasteiger partial charge is 0.493 e. The summed E-state index contributed by atoms with van der Waals surface area (Å²) in [6.45, 7) is 4.12. The van der Waals surface area contributed by atoms with Gasteiger partial charge in [0.25, 0.3) is 0 Å². The van der Waals surface area contributed by atoms with Gasteiger partial charge in [-0.3, -0.25) is 4.79 Å². The van der Waals surface area contributed by atoms with E-state index in [1.165, 1.54) is 0 Å². The topological polar surface area (TPSA) is 65.4 Å². The summed E-state index contributed by atoms with van der Waals surface area (Å²) in [6.07, 6.45) is 4.06. The first-order valence-electron chi connectivity index (χ1n) is 10.7. The third-order valence-electron chi connectivity index (χ3n) is 4.98. The van der Waals surface area contributed by atoms with E-state index < -0.39 is 0 Å². The number of hydrogen-bond donors (Lipinski definition) is 1. The molecule has 0 aliphatic carbocycles. The molecule has 160 valence electrons. The number of methoxy groups -OCH3 is 1. The molecule has 0 aliphatic heterocycles. The Morgan fingerprint density at radius 2 is 1.83 bits per heavy atom. The smallest absolute Gasteiger partial charge is 0.219 e. The predicted molar refractivity (Wildman–Crippen MR) is 119 cm³/mol. The van der Waals surface area contributed by atoms with Crippen molar-refractivity contribution in [2.24, 2.45) is 0 Å². The first-order valence-corrected chi connectivity index (χ1v) is 10.7. The molecule has 1 N–H and O–H groups in total. The summed E-state index contributed by atoms with van der Waals surface area (Å²) in [6, 6.07) is 15.9. The Kier molecular flexibility index (Phi) is 8.12. The van der Waals surface area contributed by atoms with Crippen molar-refractivity contribution in [2.75, 3.05) is 20.3 Å². The number of unbranched alkanes of at least 4 members (excludes halogenated alkanes) is 1. The summed E-state index contributed by atoms with van der Waals surface area (Å²) in [7, 11) is 1.65. The molecule has 1 amide bonds. The van der Waals surface area contributed by atoms with Gasteiger partial charge in [-0.2, -0.15) is 0 Å². The van der Waals surface area contributed by atoms with Crippen LogP contribution in [0.1, 0.15) is 38.4 Å². The molecular weight excluding hydrogens is 378 g/mol. The van der Waals surface area contributed by atoms with Crippen LogP contribution in [0, 0.1) is 0 Å². The van der Waals surface area contributed by atoms with Gasteiger partial charge in [0.05, 0.1) is 24.8 Å². The van der Waals surface area contributed by atoms with Crippen LogP contribution in [-0.2, 0) is 17.8 Å². The summed E-state index contributed by atoms with van der Waals surface area (Å²) in [5.74, 6) is 2.65. The van der Waals surface area contributed by atoms with Crippen LogP contribution in [0.3, 0.4) is 0 Å². The SMILES string of the molecule is CCCC(=O)NCCc1nc2ccccc2n1CCCCOc1ccccc1OC. The van der Waals surface area contributed by atoms with Crippen molar-refractivity contribution >= 4 is 16.9 Å². The second kappa shape index (κ2) is 11.2. The van der Waals surface area contributed by atoms with Gasteiger partial charge in [-0.1, -0.05) is 31.2 Å². The van der Waals surface area contributed by atoms with Crippen LogP contribution in [0.5, 0.6) is 11.5 Å². The molecule has 2 aromatic carbocycles. The zero-order chi connectivity index (χ0) is 21.2. The Morgan fingerprint density at radius 1 is 1.07 bits per heavy atom. The second-order valence-electron chi connectivity index (χ2n) is 7.22. The second-order valence-corrected chi connectivity index (χ2v) is 7.22. The van der Waals surface area contributed by atoms with E-state index in [-0.39, 0.29) is 5.91 Å². The predicted octanol–water partition coefficient (Wildman–Crippen LogP) is 4.36. The number of aryl methyl sites for hydroxylation is 1. The lowest BCUT2D eigenvalue weighted by atomic mass is 10.2. The molecule has 0 saturated heterocycles. The number of amides is 1. The van der Waals surface area contributed by atoms with E-state index in [0.29, 0.717) is 19.6 Å². The van der Waals surface area contributed by atoms with E-state index in [0.717, 1.165) is 60.6 Å². The first kappa shape index (κ1) is 21.7. The molecule has 0 bridgehead atoms. The van der Waals surface area contributed by atoms with E-state index in [4.69, 9.17) is 14.5 Å². The van der Waals surface area contributed by atoms with Gasteiger partial charge in [-0.25, -0.2) is 4.98 Å². The number of nitrogens with one attached hydrogen (secondary N) is 1. The van der Waals surface area contributed by atoms with Gasteiger partial charge in [-0.05, 0) is 43.5 Å². The zero-order valence-electron chi connectivity index (χ0n) is 17.9. The lowest BCUT2D eigenvalue weighted by Crippen LogP contribution is -2.26. The highest BCUT2D eigenvalue weighted by Gasteiger charge is 2.11. The number of para-hydroxylation sites is 4. The molecule has 0 aliphatic rings. The van der Waals surface area contributed by atoms with Gasteiger partial charge in [0.1, 0.15) is 5.82 Å². The number of fused-ring (bicyclic) bond motifs is 1. The third-order valence-corrected chi connectivity index (χ3v) is 4.98. The number of aromatic nitrogens is 2. The van der Waals surface area contributed by atoms with Crippen LogP contribution in [0.15, 0.2) is 48.5 Å². The molecule has 0 unspecified atom stereocenters. The van der Waals surface area contributed by atoms with Gasteiger partial charge in [0, 0.05) is 25.9 Å². The molecule has 0 fully saturated rings. The lowest BCUT2D eigenvalue weighted by Gasteiger charge is -2.12. The van der Waals surface area contributed by atoms with Crippen LogP contribution >= 0.6 is 0 Å². The number of rotatable bonds is 12. The van der Waals surface area contributed by atoms with Crippen molar-refractivity contribution in [3.63, 3.8) is 0 Å². The van der Waals surface area contributed by atoms with Crippen LogP contribution in [-0.4, -0.2) is 35.7 Å². The van der Waals surface area contributed by atoms with E-state index in [2.05, 4.69) is 16.0 Å². The molecule has 6 nitrogen and oxygen atoms in total. The summed E-state index contributed by atoms with van der Waals surface area (Å²) >= 11 is 0. The first-order chi connectivity index (χ1) is 14.7. The quantitative estimate of drug-likeness (QED) is 0.451. The molecule has 6 heteroatoms. The maximum atomic E-state index is 11.7. The van der Waals surface area contributed by atoms with Crippen molar-refractivity contribution in [3.05, 3.63) is 54.4 Å². The molecule has 3 aromatic rings. The Hall–Kier alpha value is -3.02. The number of carbonyl (C=O) groups excluding carboxylic acids is 1. The minimum atomic E-state index is 0.105. The maximum absolute atomic E-state index is 11.7. The monoisotopic (exact) mass is 409 g/mol. The van der Waals surface area contributed by atoms with Crippen LogP contribution in [0.25, 0.3) is 11.0 Å². The fourth-order valence-corrected chi connectivity index (χ4v) is 3.49. The highest BCUT2D eigenvalue weighted by atomic mass is 16.5. The number of benzene rings is 2. The molecule has 0 saturated carbocycles. The third kappa shape index (κ3) is 5.75. The number of hydrogen-bond acceptors (Lipinski definition) is 4. The standard InChI is InChI=1S/C24H31N3O3/c1-3-10-24(28)25-16-15-23-26-19-11-4-5-12-20(19)27(23)17-8-9-18-30-22-14-7-6-13-21(22)29-2/h4-7,11-14H,3,8-10,15-18H2,1-2H3,(H,25,28). The highest BCUT2D eigenvalue weighted by molar-refractivity contribution is 5.76. The van der Waals surface area contributed by atoms with Gasteiger partial charge < -0.3 is 19.4 Å². The summed E-state index contributed by atoms with van der Waals surface area (Å²) < 4.78 is 13.5. The van der Waals surface area contributed by atoms with Gasteiger partial charge in [0.15, 0.2) is 11.5 Å². The molecule has 1 heterocycles. The van der Waals surface area contributed by atoms with Crippen LogP contribution in [0.2, 0.25) is 0 Å². The number of imidazole rings is 1. The Labute approximate surface area is 178 Å². The molecule has 0 atom stereocenters. The fourth-order valence-electron chi connectivity index (χ4n) is 3.49. The minimum absolute atomic E-state index is 0.105. The lowest BCUT2D eigenvalue weighted by molar-refractivity contribution is -0.121. The maximum Gasteiger partial charge on any atom is 0.219 e. The van der Waals surface area contributed by atoms with E-state index in [1.54, 1.807) is 7.11 Å². The van der Waals surface area contributed by atoms with Crippen molar-refractivity contribution in [3.8, 4) is 11.5 Å². The molecule has 0 spiro atoms. The van der Waals surface area contributed by atoms with Crippen molar-refractivity contribution in [2.45, 2.75) is 45.6 Å². The minimum Gasteiger partial charge on any atom is -0.493 e. The molecule has 0 radical (unpaired) electrons. The molecule has 3 rings (SSSR count). The van der Waals surface area contributed by atoms with E-state index in [9.17, 15) is 4.79 Å². The molecule has 30 heavy (non-hydrogen) atoms. The fraction of sp³-hybridized carbons (Fsp3) is 0.417. The average molecular weight is 410 g/mol. The summed E-state index contributed by atoms with van der Waals surface area (Å²) in [4.78, 5) is 16.5. The molecular formula is C24H31N3O3. The van der Waals surface area contributed by atoms with Gasteiger partial charge in [0.2, 0.25) is 5.91 Å². The number of carbonyl (C=O) groups is 1.